The van der Waals surface area contributed by atoms with Crippen LogP contribution in [-0.2, 0) is 4.79 Å². The van der Waals surface area contributed by atoms with E-state index in [1.54, 1.807) is 0 Å². The van der Waals surface area contributed by atoms with Gasteiger partial charge in [0.05, 0.1) is 6.10 Å². The summed E-state index contributed by atoms with van der Waals surface area (Å²) in [6.07, 6.45) is 1.69. The highest BCUT2D eigenvalue weighted by Gasteiger charge is 2.15. The Kier molecular flexibility index (Phi) is 7.31. The van der Waals surface area contributed by atoms with Gasteiger partial charge in [0.15, 0.2) is 0 Å². The number of rotatable bonds is 8. The van der Waals surface area contributed by atoms with Gasteiger partial charge in [-0.15, -0.1) is 0 Å². The van der Waals surface area contributed by atoms with Crippen LogP contribution in [0.1, 0.15) is 51.5 Å². The zero-order valence-corrected chi connectivity index (χ0v) is 12.8. The molecule has 1 rings (SSSR count). The molecule has 1 aromatic carbocycles. The van der Waals surface area contributed by atoms with Crippen molar-refractivity contribution in [2.75, 3.05) is 6.54 Å². The molecule has 0 fully saturated rings. The van der Waals surface area contributed by atoms with E-state index in [9.17, 15) is 9.90 Å². The Morgan fingerprint density at radius 3 is 2.45 bits per heavy atom. The lowest BCUT2D eigenvalue weighted by atomic mass is 9.93. The van der Waals surface area contributed by atoms with Gasteiger partial charge in [-0.3, -0.25) is 4.79 Å². The molecular weight excluding hydrogens is 250 g/mol. The van der Waals surface area contributed by atoms with Crippen LogP contribution in [0.4, 0.5) is 0 Å². The first kappa shape index (κ1) is 16.7. The van der Waals surface area contributed by atoms with E-state index in [0.717, 1.165) is 12.8 Å². The van der Waals surface area contributed by atoms with Crippen LogP contribution >= 0.6 is 0 Å². The third-order valence-electron chi connectivity index (χ3n) is 3.47. The molecule has 0 spiro atoms. The topological polar surface area (TPSA) is 49.3 Å². The van der Waals surface area contributed by atoms with Crippen LogP contribution < -0.4 is 5.32 Å². The van der Waals surface area contributed by atoms with Gasteiger partial charge in [-0.2, -0.15) is 0 Å². The molecule has 0 radical (unpaired) electrons. The van der Waals surface area contributed by atoms with E-state index >= 15 is 0 Å². The molecule has 0 saturated heterocycles. The van der Waals surface area contributed by atoms with E-state index in [-0.39, 0.29) is 11.8 Å². The van der Waals surface area contributed by atoms with Crippen molar-refractivity contribution in [1.82, 2.24) is 5.32 Å². The summed E-state index contributed by atoms with van der Waals surface area (Å²) in [6.45, 7) is 6.57. The van der Waals surface area contributed by atoms with Crippen molar-refractivity contribution >= 4 is 5.91 Å². The number of carbonyl (C=O) groups is 1. The van der Waals surface area contributed by atoms with Crippen LogP contribution in [0.15, 0.2) is 30.3 Å². The third-order valence-corrected chi connectivity index (χ3v) is 3.47. The molecule has 0 bridgehead atoms. The maximum Gasteiger partial charge on any atom is 0.220 e. The molecule has 3 nitrogen and oxygen atoms in total. The third kappa shape index (κ3) is 6.20. The summed E-state index contributed by atoms with van der Waals surface area (Å²) in [7, 11) is 0. The fraction of sp³-hybridized carbons (Fsp3) is 0.588. The molecule has 0 aliphatic heterocycles. The van der Waals surface area contributed by atoms with Gasteiger partial charge in [-0.1, -0.05) is 51.1 Å². The predicted molar refractivity (Wildman–Crippen MR) is 82.6 cm³/mol. The average molecular weight is 277 g/mol. The standard InChI is InChI=1S/C17H27NO2/c1-4-14(15-8-6-5-7-9-15)11-17(20)18-12-16(19)10-13(2)3/h5-9,13-14,16,19H,4,10-12H2,1-3H3,(H,18,20). The number of hydrogen-bond acceptors (Lipinski definition) is 2. The first-order valence-corrected chi connectivity index (χ1v) is 7.52. The fourth-order valence-corrected chi connectivity index (χ4v) is 2.38. The largest absolute Gasteiger partial charge is 0.391 e. The first-order valence-electron chi connectivity index (χ1n) is 7.52. The number of hydrogen-bond donors (Lipinski definition) is 2. The van der Waals surface area contributed by atoms with Crippen molar-refractivity contribution in [2.45, 2.75) is 52.1 Å². The minimum atomic E-state index is -0.448. The van der Waals surface area contributed by atoms with Gasteiger partial charge in [0.25, 0.3) is 0 Å². The second-order valence-electron chi connectivity index (χ2n) is 5.81. The SMILES string of the molecule is CCC(CC(=O)NCC(O)CC(C)C)c1ccccc1. The van der Waals surface area contributed by atoms with E-state index in [2.05, 4.69) is 38.2 Å². The first-order chi connectivity index (χ1) is 9.52. The monoisotopic (exact) mass is 277 g/mol. The molecule has 1 aromatic rings. The van der Waals surface area contributed by atoms with Gasteiger partial charge in [0.1, 0.15) is 0 Å². The molecule has 1 amide bonds. The molecule has 0 aliphatic carbocycles. The Morgan fingerprint density at radius 2 is 1.90 bits per heavy atom. The number of carbonyl (C=O) groups excluding carboxylic acids is 1. The summed E-state index contributed by atoms with van der Waals surface area (Å²) >= 11 is 0. The Balaban J connectivity index is 2.40. The molecular formula is C17H27NO2. The highest BCUT2D eigenvalue weighted by Crippen LogP contribution is 2.22. The summed E-state index contributed by atoms with van der Waals surface area (Å²) in [5.41, 5.74) is 1.20. The highest BCUT2D eigenvalue weighted by molar-refractivity contribution is 5.76. The number of aliphatic hydroxyl groups is 1. The lowest BCUT2D eigenvalue weighted by molar-refractivity contribution is -0.122. The summed E-state index contributed by atoms with van der Waals surface area (Å²) in [5, 5.41) is 12.6. The Bertz CT molecular complexity index is 389. The van der Waals surface area contributed by atoms with Gasteiger partial charge in [0.2, 0.25) is 5.91 Å². The van der Waals surface area contributed by atoms with Gasteiger partial charge in [-0.25, -0.2) is 0 Å². The Labute approximate surface area is 122 Å². The predicted octanol–water partition coefficient (Wildman–Crippen LogP) is 3.09. The second-order valence-corrected chi connectivity index (χ2v) is 5.81. The fourth-order valence-electron chi connectivity index (χ4n) is 2.38. The lowest BCUT2D eigenvalue weighted by Crippen LogP contribution is -2.33. The highest BCUT2D eigenvalue weighted by atomic mass is 16.3. The molecule has 0 aromatic heterocycles. The summed E-state index contributed by atoms with van der Waals surface area (Å²) < 4.78 is 0. The van der Waals surface area contributed by atoms with Crippen molar-refractivity contribution in [2.24, 2.45) is 5.92 Å². The molecule has 0 heterocycles. The summed E-state index contributed by atoms with van der Waals surface area (Å²) in [4.78, 5) is 12.0. The second kappa shape index (κ2) is 8.75. The Hall–Kier alpha value is -1.35. The van der Waals surface area contributed by atoms with Crippen molar-refractivity contribution in [3.8, 4) is 0 Å². The molecule has 112 valence electrons. The quantitative estimate of drug-likeness (QED) is 0.767. The van der Waals surface area contributed by atoms with Gasteiger partial charge in [0, 0.05) is 13.0 Å². The van der Waals surface area contributed by atoms with Crippen molar-refractivity contribution < 1.29 is 9.90 Å². The van der Waals surface area contributed by atoms with Crippen LogP contribution in [0, 0.1) is 5.92 Å². The van der Waals surface area contributed by atoms with E-state index in [4.69, 9.17) is 0 Å². The number of nitrogens with one attached hydrogen (secondary N) is 1. The minimum absolute atomic E-state index is 0.0171. The maximum absolute atomic E-state index is 12.0. The average Bonchev–Trinajstić information content (AvgIpc) is 2.43. The van der Waals surface area contributed by atoms with Crippen molar-refractivity contribution in [3.05, 3.63) is 35.9 Å². The number of benzene rings is 1. The molecule has 2 N–H and O–H groups in total. The van der Waals surface area contributed by atoms with Crippen LogP contribution in [0.3, 0.4) is 0 Å². The van der Waals surface area contributed by atoms with Crippen LogP contribution in [-0.4, -0.2) is 23.7 Å². The molecule has 3 heteroatoms. The summed E-state index contributed by atoms with van der Waals surface area (Å²) in [6, 6.07) is 10.1. The zero-order valence-electron chi connectivity index (χ0n) is 12.8. The van der Waals surface area contributed by atoms with Gasteiger partial charge >= 0.3 is 0 Å². The smallest absolute Gasteiger partial charge is 0.220 e. The van der Waals surface area contributed by atoms with Gasteiger partial charge in [-0.05, 0) is 30.2 Å². The van der Waals surface area contributed by atoms with Crippen molar-refractivity contribution in [3.63, 3.8) is 0 Å². The molecule has 2 atom stereocenters. The number of aliphatic hydroxyl groups excluding tert-OH is 1. The summed E-state index contributed by atoms with van der Waals surface area (Å²) in [5.74, 6) is 0.705. The minimum Gasteiger partial charge on any atom is -0.391 e. The Morgan fingerprint density at radius 1 is 1.25 bits per heavy atom. The molecule has 0 saturated carbocycles. The van der Waals surface area contributed by atoms with E-state index < -0.39 is 6.10 Å². The molecule has 20 heavy (non-hydrogen) atoms. The number of amides is 1. The van der Waals surface area contributed by atoms with Crippen LogP contribution in [0.2, 0.25) is 0 Å². The maximum atomic E-state index is 12.0. The zero-order chi connectivity index (χ0) is 15.0. The normalized spacial score (nSPS) is 14.1. The van der Waals surface area contributed by atoms with E-state index in [1.807, 2.05) is 18.2 Å². The van der Waals surface area contributed by atoms with Crippen LogP contribution in [0.25, 0.3) is 0 Å². The van der Waals surface area contributed by atoms with E-state index in [0.29, 0.717) is 18.9 Å². The molecule has 2 unspecified atom stereocenters. The van der Waals surface area contributed by atoms with E-state index in [1.165, 1.54) is 5.56 Å². The van der Waals surface area contributed by atoms with Gasteiger partial charge < -0.3 is 10.4 Å². The lowest BCUT2D eigenvalue weighted by Gasteiger charge is -2.17. The van der Waals surface area contributed by atoms with Crippen molar-refractivity contribution in [1.29, 1.82) is 0 Å². The van der Waals surface area contributed by atoms with Crippen LogP contribution in [0.5, 0.6) is 0 Å². The molecule has 0 aliphatic rings.